The number of furan rings is 1. The van der Waals surface area contributed by atoms with Gasteiger partial charge in [0.05, 0.1) is 28.7 Å². The summed E-state index contributed by atoms with van der Waals surface area (Å²) < 4.78 is 22.6. The van der Waals surface area contributed by atoms with Gasteiger partial charge < -0.3 is 18.6 Å². The molecule has 8 nitrogen and oxygen atoms in total. The van der Waals surface area contributed by atoms with E-state index in [2.05, 4.69) is 27.3 Å². The lowest BCUT2D eigenvalue weighted by Crippen LogP contribution is -2.27. The maximum Gasteiger partial charge on any atom is 0.373 e. The van der Waals surface area contributed by atoms with Gasteiger partial charge in [-0.2, -0.15) is 0 Å². The molecule has 0 saturated carbocycles. The molecular formula is C26H21ClINO7S. The van der Waals surface area contributed by atoms with Crippen molar-refractivity contribution in [2.45, 2.75) is 20.1 Å². The van der Waals surface area contributed by atoms with Crippen molar-refractivity contribution in [2.24, 2.45) is 0 Å². The van der Waals surface area contributed by atoms with E-state index in [0.717, 1.165) is 25.8 Å². The second-order valence-electron chi connectivity index (χ2n) is 7.70. The van der Waals surface area contributed by atoms with Gasteiger partial charge in [-0.15, -0.1) is 0 Å². The number of amides is 2. The zero-order valence-electron chi connectivity index (χ0n) is 19.8. The highest BCUT2D eigenvalue weighted by atomic mass is 127. The first-order chi connectivity index (χ1) is 17.8. The summed E-state index contributed by atoms with van der Waals surface area (Å²) in [5, 5.41) is 0.215. The summed E-state index contributed by atoms with van der Waals surface area (Å²) in [7, 11) is 1.24. The third-order valence-electron chi connectivity index (χ3n) is 5.16. The van der Waals surface area contributed by atoms with E-state index in [-0.39, 0.29) is 17.2 Å². The summed E-state index contributed by atoms with van der Waals surface area (Å²) in [5.74, 6) is 0.306. The summed E-state index contributed by atoms with van der Waals surface area (Å²) in [6.07, 6.45) is 1.64. The molecule has 1 aliphatic rings. The number of methoxy groups -OCH3 is 1. The summed E-state index contributed by atoms with van der Waals surface area (Å²) in [5.41, 5.74) is 1.64. The molecule has 1 aliphatic heterocycles. The highest BCUT2D eigenvalue weighted by molar-refractivity contribution is 14.1. The molecule has 192 valence electrons. The molecule has 0 unspecified atom stereocenters. The fourth-order valence-electron chi connectivity index (χ4n) is 3.43. The van der Waals surface area contributed by atoms with E-state index in [9.17, 15) is 14.4 Å². The van der Waals surface area contributed by atoms with Crippen molar-refractivity contribution in [3.05, 3.63) is 84.7 Å². The Labute approximate surface area is 236 Å². The van der Waals surface area contributed by atoms with Crippen LogP contribution in [0.5, 0.6) is 11.5 Å². The Balaban J connectivity index is 1.52. The van der Waals surface area contributed by atoms with E-state index >= 15 is 0 Å². The number of hydrogen-bond donors (Lipinski definition) is 0. The van der Waals surface area contributed by atoms with Gasteiger partial charge >= 0.3 is 5.97 Å². The monoisotopic (exact) mass is 653 g/mol. The van der Waals surface area contributed by atoms with Gasteiger partial charge in [0.25, 0.3) is 11.1 Å². The highest BCUT2D eigenvalue weighted by Crippen LogP contribution is 2.38. The number of carbonyl (C=O) groups is 3. The van der Waals surface area contributed by atoms with Gasteiger partial charge in [-0.1, -0.05) is 23.7 Å². The first-order valence-corrected chi connectivity index (χ1v) is 13.3. The van der Waals surface area contributed by atoms with Gasteiger partial charge in [0.1, 0.15) is 12.4 Å². The minimum atomic E-state index is -0.638. The predicted molar refractivity (Wildman–Crippen MR) is 148 cm³/mol. The number of rotatable bonds is 9. The summed E-state index contributed by atoms with van der Waals surface area (Å²) >= 11 is 8.94. The first-order valence-electron chi connectivity index (χ1n) is 11.0. The van der Waals surface area contributed by atoms with Gasteiger partial charge in [0.15, 0.2) is 11.5 Å². The Morgan fingerprint density at radius 2 is 1.89 bits per heavy atom. The maximum absolute atomic E-state index is 13.0. The van der Waals surface area contributed by atoms with Gasteiger partial charge in [0, 0.05) is 5.02 Å². The molecule has 11 heteroatoms. The molecule has 3 aromatic rings. The van der Waals surface area contributed by atoms with Crippen molar-refractivity contribution in [3.8, 4) is 11.5 Å². The lowest BCUT2D eigenvalue weighted by molar-refractivity contribution is -0.123. The predicted octanol–water partition coefficient (Wildman–Crippen LogP) is 6.54. The fourth-order valence-corrected chi connectivity index (χ4v) is 5.17. The quantitative estimate of drug-likeness (QED) is 0.146. The molecule has 4 rings (SSSR count). The molecule has 2 heterocycles. The average Bonchev–Trinajstić information content (AvgIpc) is 3.45. The average molecular weight is 654 g/mol. The van der Waals surface area contributed by atoms with Crippen LogP contribution in [0.4, 0.5) is 4.79 Å². The second-order valence-corrected chi connectivity index (χ2v) is 10.3. The number of halogens is 2. The van der Waals surface area contributed by atoms with Crippen LogP contribution in [0.25, 0.3) is 6.08 Å². The molecule has 0 aliphatic carbocycles. The van der Waals surface area contributed by atoms with E-state index < -0.39 is 17.1 Å². The van der Waals surface area contributed by atoms with Gasteiger partial charge in [-0.05, 0) is 94.9 Å². The summed E-state index contributed by atoms with van der Waals surface area (Å²) in [6, 6.07) is 14.0. The topological polar surface area (TPSA) is 95.3 Å². The minimum absolute atomic E-state index is 0.00332. The van der Waals surface area contributed by atoms with Crippen molar-refractivity contribution in [1.82, 2.24) is 4.90 Å². The Kier molecular flexibility index (Phi) is 8.83. The molecule has 1 aromatic heterocycles. The van der Waals surface area contributed by atoms with Crippen LogP contribution < -0.4 is 9.47 Å². The number of hydrogen-bond acceptors (Lipinski definition) is 8. The highest BCUT2D eigenvalue weighted by Gasteiger charge is 2.36. The third kappa shape index (κ3) is 6.49. The van der Waals surface area contributed by atoms with Crippen LogP contribution >= 0.6 is 46.0 Å². The molecule has 1 saturated heterocycles. The summed E-state index contributed by atoms with van der Waals surface area (Å²) in [6.45, 7) is 2.52. The van der Waals surface area contributed by atoms with Crippen LogP contribution in [-0.4, -0.2) is 35.7 Å². The number of ether oxygens (including phenoxy) is 3. The Morgan fingerprint density at radius 3 is 2.59 bits per heavy atom. The van der Waals surface area contributed by atoms with Crippen LogP contribution in [0.2, 0.25) is 5.02 Å². The SMILES string of the molecule is CCOc1cc(/C=C2/SC(=O)N(Cc3ccc(C(=O)OC)o3)C2=O)cc(I)c1OCc1ccc(Cl)cc1. The van der Waals surface area contributed by atoms with Crippen molar-refractivity contribution in [1.29, 1.82) is 0 Å². The Morgan fingerprint density at radius 1 is 1.14 bits per heavy atom. The molecule has 0 atom stereocenters. The van der Waals surface area contributed by atoms with Gasteiger partial charge in [-0.25, -0.2) is 4.79 Å². The number of esters is 1. The van der Waals surface area contributed by atoms with Crippen LogP contribution in [0.1, 0.15) is 34.4 Å². The minimum Gasteiger partial charge on any atom is -0.490 e. The molecule has 0 spiro atoms. The second kappa shape index (κ2) is 12.1. The molecule has 0 N–H and O–H groups in total. The molecule has 37 heavy (non-hydrogen) atoms. The lowest BCUT2D eigenvalue weighted by Gasteiger charge is -2.15. The molecule has 1 fully saturated rings. The molecule has 2 aromatic carbocycles. The lowest BCUT2D eigenvalue weighted by atomic mass is 10.1. The number of nitrogens with zero attached hydrogens (tertiary/aromatic N) is 1. The number of benzene rings is 2. The smallest absolute Gasteiger partial charge is 0.373 e. The van der Waals surface area contributed by atoms with E-state index in [1.807, 2.05) is 25.1 Å². The standard InChI is InChI=1S/C26H21ClINO7S/c1-3-34-21-11-16(10-19(28)23(21)35-14-15-4-6-17(27)7-5-15)12-22-24(30)29(26(32)37-22)13-18-8-9-20(36-18)25(31)33-2/h4-12H,3,13-14H2,1-2H3/b22-12+. The number of imide groups is 1. The van der Waals surface area contributed by atoms with E-state index in [4.69, 9.17) is 25.5 Å². The van der Waals surface area contributed by atoms with Gasteiger partial charge in [0.2, 0.25) is 5.76 Å². The van der Waals surface area contributed by atoms with Crippen LogP contribution in [-0.2, 0) is 22.7 Å². The van der Waals surface area contributed by atoms with Crippen LogP contribution in [0.3, 0.4) is 0 Å². The largest absolute Gasteiger partial charge is 0.490 e. The fraction of sp³-hybridized carbons (Fsp3) is 0.192. The van der Waals surface area contributed by atoms with Gasteiger partial charge in [-0.3, -0.25) is 14.5 Å². The zero-order chi connectivity index (χ0) is 26.5. The molecule has 0 radical (unpaired) electrons. The van der Waals surface area contributed by atoms with Crippen LogP contribution in [0, 0.1) is 3.57 Å². The van der Waals surface area contributed by atoms with Crippen molar-refractivity contribution < 1.29 is 33.0 Å². The molecule has 2 amide bonds. The summed E-state index contributed by atoms with van der Waals surface area (Å²) in [4.78, 5) is 38.5. The normalized spacial score (nSPS) is 14.4. The van der Waals surface area contributed by atoms with Crippen molar-refractivity contribution in [2.75, 3.05) is 13.7 Å². The number of carbonyl (C=O) groups excluding carboxylic acids is 3. The van der Waals surface area contributed by atoms with E-state index in [0.29, 0.717) is 41.1 Å². The van der Waals surface area contributed by atoms with E-state index in [1.54, 1.807) is 24.3 Å². The van der Waals surface area contributed by atoms with Crippen molar-refractivity contribution in [3.63, 3.8) is 0 Å². The van der Waals surface area contributed by atoms with Crippen molar-refractivity contribution >= 4 is 69.1 Å². The number of thioether (sulfide) groups is 1. The molecular weight excluding hydrogens is 633 g/mol. The Hall–Kier alpha value is -2.96. The maximum atomic E-state index is 13.0. The molecule has 0 bridgehead atoms. The first kappa shape index (κ1) is 27.1. The van der Waals surface area contributed by atoms with E-state index in [1.165, 1.54) is 19.2 Å². The Bertz CT molecular complexity index is 1370. The third-order valence-corrected chi connectivity index (χ3v) is 7.12. The van der Waals surface area contributed by atoms with Crippen LogP contribution in [0.15, 0.2) is 57.9 Å². The zero-order valence-corrected chi connectivity index (χ0v) is 23.5.